The molecule has 0 spiro atoms. The molecule has 4 nitrogen and oxygen atoms in total. The summed E-state index contributed by atoms with van der Waals surface area (Å²) in [6.07, 6.45) is 1.83. The lowest BCUT2D eigenvalue weighted by Crippen LogP contribution is -1.95. The van der Waals surface area contributed by atoms with Crippen LogP contribution in [0.1, 0.15) is 28.1 Å². The number of nitrogens with one attached hydrogen (secondary N) is 1. The van der Waals surface area contributed by atoms with Crippen LogP contribution in [0.15, 0.2) is 60.7 Å². The largest absolute Gasteiger partial charge is 0.489 e. The lowest BCUT2D eigenvalue weighted by molar-refractivity contribution is 0.306. The molecule has 0 aliphatic carbocycles. The Morgan fingerprint density at radius 2 is 1.77 bits per heavy atom. The van der Waals surface area contributed by atoms with Crippen LogP contribution in [0.4, 0.5) is 0 Å². The molecule has 0 fully saturated rings. The van der Waals surface area contributed by atoms with E-state index in [1.807, 2.05) is 36.4 Å². The molecule has 1 aromatic heterocycles. The van der Waals surface area contributed by atoms with Gasteiger partial charge in [-0.25, -0.2) is 4.98 Å². The van der Waals surface area contributed by atoms with Gasteiger partial charge in [0.05, 0.1) is 16.6 Å². The van der Waals surface area contributed by atoms with Crippen LogP contribution in [0.25, 0.3) is 22.7 Å². The summed E-state index contributed by atoms with van der Waals surface area (Å²) in [5.41, 5.74) is 6.73. The Hall–Kier alpha value is -3.11. The number of H-pyrrole nitrogens is 1. The van der Waals surface area contributed by atoms with E-state index >= 15 is 0 Å². The number of benzene rings is 3. The maximum Gasteiger partial charge on any atom is 0.149 e. The predicted molar refractivity (Wildman–Crippen MR) is 129 cm³/mol. The molecule has 0 unspecified atom stereocenters. The van der Waals surface area contributed by atoms with E-state index in [-0.39, 0.29) is 0 Å². The zero-order valence-electron chi connectivity index (χ0n) is 16.7. The van der Waals surface area contributed by atoms with Crippen molar-refractivity contribution in [2.75, 3.05) is 0 Å². The Morgan fingerprint density at radius 3 is 2.47 bits per heavy atom. The van der Waals surface area contributed by atoms with Gasteiger partial charge in [-0.15, -0.1) is 0 Å². The number of imidazole rings is 1. The molecule has 4 rings (SSSR count). The van der Waals surface area contributed by atoms with Crippen LogP contribution in [0.5, 0.6) is 5.75 Å². The van der Waals surface area contributed by atoms with E-state index in [0.717, 1.165) is 27.9 Å². The Bertz CT molecular complexity index is 1220. The number of aromatic amines is 1. The molecule has 0 amide bonds. The van der Waals surface area contributed by atoms with Gasteiger partial charge in [0.15, 0.2) is 0 Å². The summed E-state index contributed by atoms with van der Waals surface area (Å²) in [5, 5.41) is 9.66. The number of nitriles is 1. The van der Waals surface area contributed by atoms with Crippen molar-refractivity contribution < 1.29 is 4.74 Å². The monoisotopic (exact) mass is 505 g/mol. The highest BCUT2D eigenvalue weighted by molar-refractivity contribution is 14.1. The standard InChI is InChI=1S/C25H20IN3O/c1-16-11-23-24(12-17(16)2)29-25(28-23)20(14-27)13-18-5-9-22(10-6-18)30-15-19-3-7-21(26)8-4-19/h3-13H,15H2,1-2H3,(H,28,29)/b20-13-. The Kier molecular flexibility index (Phi) is 5.86. The number of fused-ring (bicyclic) bond motifs is 1. The molecule has 148 valence electrons. The Labute approximate surface area is 189 Å². The Balaban J connectivity index is 1.51. The molecule has 1 N–H and O–H groups in total. The summed E-state index contributed by atoms with van der Waals surface area (Å²) in [5.74, 6) is 1.37. The van der Waals surface area contributed by atoms with Crippen LogP contribution in [0, 0.1) is 28.7 Å². The van der Waals surface area contributed by atoms with Crippen molar-refractivity contribution in [1.82, 2.24) is 9.97 Å². The third kappa shape index (κ3) is 4.55. The van der Waals surface area contributed by atoms with Gasteiger partial charge in [-0.1, -0.05) is 24.3 Å². The number of hydrogen-bond acceptors (Lipinski definition) is 3. The van der Waals surface area contributed by atoms with Crippen molar-refractivity contribution in [2.45, 2.75) is 20.5 Å². The minimum absolute atomic E-state index is 0.495. The molecular weight excluding hydrogens is 485 g/mol. The molecule has 0 aliphatic heterocycles. The average Bonchev–Trinajstić information content (AvgIpc) is 3.15. The average molecular weight is 505 g/mol. The van der Waals surface area contributed by atoms with Crippen LogP contribution in [-0.2, 0) is 6.61 Å². The van der Waals surface area contributed by atoms with Crippen molar-refractivity contribution in [1.29, 1.82) is 5.26 Å². The molecule has 0 saturated carbocycles. The van der Waals surface area contributed by atoms with Crippen molar-refractivity contribution in [3.8, 4) is 11.8 Å². The second-order valence-corrected chi connectivity index (χ2v) is 8.44. The fourth-order valence-corrected chi connectivity index (χ4v) is 3.48. The molecule has 5 heteroatoms. The van der Waals surface area contributed by atoms with E-state index in [9.17, 15) is 5.26 Å². The Morgan fingerprint density at radius 1 is 1.07 bits per heavy atom. The molecule has 0 aliphatic rings. The lowest BCUT2D eigenvalue weighted by Gasteiger charge is -2.07. The van der Waals surface area contributed by atoms with Gasteiger partial charge < -0.3 is 9.72 Å². The van der Waals surface area contributed by atoms with Crippen LogP contribution in [0.3, 0.4) is 0 Å². The van der Waals surface area contributed by atoms with E-state index in [0.29, 0.717) is 18.0 Å². The number of rotatable bonds is 5. The molecule has 0 bridgehead atoms. The third-order valence-corrected chi connectivity index (χ3v) is 5.70. The first-order chi connectivity index (χ1) is 14.5. The summed E-state index contributed by atoms with van der Waals surface area (Å²) in [4.78, 5) is 7.86. The van der Waals surface area contributed by atoms with Gasteiger partial charge in [0.25, 0.3) is 0 Å². The highest BCUT2D eigenvalue weighted by Crippen LogP contribution is 2.23. The minimum atomic E-state index is 0.495. The van der Waals surface area contributed by atoms with Crippen molar-refractivity contribution in [3.05, 3.63) is 92.3 Å². The molecule has 1 heterocycles. The summed E-state index contributed by atoms with van der Waals surface area (Å²) in [6, 6.07) is 22.3. The van der Waals surface area contributed by atoms with E-state index in [2.05, 4.69) is 82.8 Å². The normalized spacial score (nSPS) is 11.5. The smallest absolute Gasteiger partial charge is 0.149 e. The fraction of sp³-hybridized carbons (Fsp3) is 0.120. The number of halogens is 1. The molecule has 0 saturated heterocycles. The van der Waals surface area contributed by atoms with Gasteiger partial charge in [0, 0.05) is 3.57 Å². The lowest BCUT2D eigenvalue weighted by atomic mass is 10.1. The van der Waals surface area contributed by atoms with Gasteiger partial charge in [-0.2, -0.15) is 5.26 Å². The van der Waals surface area contributed by atoms with Crippen molar-refractivity contribution >= 4 is 45.3 Å². The molecule has 4 aromatic rings. The van der Waals surface area contributed by atoms with E-state index < -0.39 is 0 Å². The highest BCUT2D eigenvalue weighted by atomic mass is 127. The molecule has 3 aromatic carbocycles. The number of aromatic nitrogens is 2. The second kappa shape index (κ2) is 8.72. The molecule has 0 atom stereocenters. The molecule has 30 heavy (non-hydrogen) atoms. The topological polar surface area (TPSA) is 61.7 Å². The molecule has 0 radical (unpaired) electrons. The van der Waals surface area contributed by atoms with Crippen molar-refractivity contribution in [2.24, 2.45) is 0 Å². The number of ether oxygens (including phenoxy) is 1. The third-order valence-electron chi connectivity index (χ3n) is 4.98. The molecular formula is C25H20IN3O. The summed E-state index contributed by atoms with van der Waals surface area (Å²) in [6.45, 7) is 4.65. The van der Waals surface area contributed by atoms with Gasteiger partial charge >= 0.3 is 0 Å². The first-order valence-electron chi connectivity index (χ1n) is 9.58. The van der Waals surface area contributed by atoms with Crippen LogP contribution < -0.4 is 4.74 Å². The zero-order valence-corrected chi connectivity index (χ0v) is 18.9. The maximum atomic E-state index is 9.66. The van der Waals surface area contributed by atoms with E-state index in [1.54, 1.807) is 0 Å². The number of nitrogens with zero attached hydrogens (tertiary/aromatic N) is 2. The van der Waals surface area contributed by atoms with Crippen LogP contribution in [-0.4, -0.2) is 9.97 Å². The number of aryl methyl sites for hydroxylation is 2. The van der Waals surface area contributed by atoms with Gasteiger partial charge in [-0.3, -0.25) is 0 Å². The number of allylic oxidation sites excluding steroid dienone is 1. The quantitative estimate of drug-likeness (QED) is 0.251. The van der Waals surface area contributed by atoms with Crippen LogP contribution in [0.2, 0.25) is 0 Å². The summed E-state index contributed by atoms with van der Waals surface area (Å²) in [7, 11) is 0. The van der Waals surface area contributed by atoms with Crippen molar-refractivity contribution in [3.63, 3.8) is 0 Å². The minimum Gasteiger partial charge on any atom is -0.489 e. The van der Waals surface area contributed by atoms with E-state index in [4.69, 9.17) is 4.74 Å². The zero-order chi connectivity index (χ0) is 21.1. The highest BCUT2D eigenvalue weighted by Gasteiger charge is 2.09. The van der Waals surface area contributed by atoms with Gasteiger partial charge in [0.1, 0.15) is 24.3 Å². The first kappa shape index (κ1) is 20.2. The van der Waals surface area contributed by atoms with E-state index in [1.165, 1.54) is 14.7 Å². The van der Waals surface area contributed by atoms with Gasteiger partial charge in [-0.05, 0) is 101 Å². The van der Waals surface area contributed by atoms with Crippen LogP contribution >= 0.6 is 22.6 Å². The maximum absolute atomic E-state index is 9.66. The predicted octanol–water partition coefficient (Wildman–Crippen LogP) is 6.43. The summed E-state index contributed by atoms with van der Waals surface area (Å²) < 4.78 is 7.06. The SMILES string of the molecule is Cc1cc2nc(/C(C#N)=C\c3ccc(OCc4ccc(I)cc4)cc3)[nH]c2cc1C. The van der Waals surface area contributed by atoms with Gasteiger partial charge in [0.2, 0.25) is 0 Å². The fourth-order valence-electron chi connectivity index (χ4n) is 3.12. The second-order valence-electron chi connectivity index (χ2n) is 7.19. The first-order valence-corrected chi connectivity index (χ1v) is 10.7. The summed E-state index contributed by atoms with van der Waals surface area (Å²) >= 11 is 2.29. The number of hydrogen-bond donors (Lipinski definition) is 1.